The molecule has 8 nitrogen and oxygen atoms in total. The fourth-order valence-electron chi connectivity index (χ4n) is 3.51. The van der Waals surface area contributed by atoms with Gasteiger partial charge in [0.15, 0.2) is 0 Å². The second kappa shape index (κ2) is 9.95. The Morgan fingerprint density at radius 2 is 1.91 bits per heavy atom. The molecular weight excluding hydrogens is 430 g/mol. The number of nitrogens with one attached hydrogen (secondary N) is 1. The summed E-state index contributed by atoms with van der Waals surface area (Å²) in [5.74, 6) is -1.66. The minimum absolute atomic E-state index is 0.0977. The van der Waals surface area contributed by atoms with Gasteiger partial charge in [-0.3, -0.25) is 14.4 Å². The van der Waals surface area contributed by atoms with Crippen LogP contribution >= 0.6 is 11.6 Å². The van der Waals surface area contributed by atoms with Crippen LogP contribution in [0.1, 0.15) is 22.3 Å². The van der Waals surface area contributed by atoms with Gasteiger partial charge in [-0.15, -0.1) is 0 Å². The van der Waals surface area contributed by atoms with Crippen molar-refractivity contribution in [2.24, 2.45) is 5.92 Å². The summed E-state index contributed by atoms with van der Waals surface area (Å²) in [6.45, 7) is -0.165. The third-order valence-corrected chi connectivity index (χ3v) is 5.55. The fourth-order valence-corrected chi connectivity index (χ4v) is 3.74. The highest BCUT2D eigenvalue weighted by atomic mass is 35.5. The molecule has 0 aromatic heterocycles. The van der Waals surface area contributed by atoms with E-state index in [0.29, 0.717) is 5.69 Å². The van der Waals surface area contributed by atoms with Crippen molar-refractivity contribution >= 4 is 35.0 Å². The van der Waals surface area contributed by atoms with Crippen LogP contribution in [0, 0.1) is 28.6 Å². The molecule has 0 saturated carbocycles. The summed E-state index contributed by atoms with van der Waals surface area (Å²) in [7, 11) is 1.46. The first-order chi connectivity index (χ1) is 15.3. The van der Waals surface area contributed by atoms with Crippen molar-refractivity contribution in [3.05, 3.63) is 64.7 Å². The van der Waals surface area contributed by atoms with Crippen molar-refractivity contribution in [1.82, 2.24) is 9.80 Å². The Morgan fingerprint density at radius 1 is 1.19 bits per heavy atom. The van der Waals surface area contributed by atoms with Gasteiger partial charge in [0, 0.05) is 24.8 Å². The molecule has 2 aromatic carbocycles. The molecule has 1 aliphatic rings. The van der Waals surface area contributed by atoms with E-state index in [4.69, 9.17) is 16.9 Å². The number of para-hydroxylation sites is 1. The van der Waals surface area contributed by atoms with Crippen LogP contribution in [-0.2, 0) is 9.59 Å². The number of halogens is 1. The monoisotopic (exact) mass is 449 g/mol. The number of benzene rings is 2. The van der Waals surface area contributed by atoms with Gasteiger partial charge in [0.2, 0.25) is 11.8 Å². The number of likely N-dealkylation sites (N-methyl/N-ethyl adjacent to an activating group) is 1. The Bertz CT molecular complexity index is 1120. The lowest BCUT2D eigenvalue weighted by Gasteiger charge is -2.24. The number of hydrogen-bond donors (Lipinski definition) is 1. The smallest absolute Gasteiger partial charge is 0.254 e. The quantitative estimate of drug-likeness (QED) is 0.752. The Labute approximate surface area is 190 Å². The molecule has 0 aliphatic carbocycles. The van der Waals surface area contributed by atoms with Crippen molar-refractivity contribution in [2.75, 3.05) is 25.5 Å². The highest BCUT2D eigenvalue weighted by molar-refractivity contribution is 6.32. The van der Waals surface area contributed by atoms with Crippen LogP contribution in [0.5, 0.6) is 0 Å². The van der Waals surface area contributed by atoms with Gasteiger partial charge >= 0.3 is 0 Å². The zero-order valence-corrected chi connectivity index (χ0v) is 18.0. The highest BCUT2D eigenvalue weighted by Gasteiger charge is 2.39. The second-order valence-electron chi connectivity index (χ2n) is 7.45. The fraction of sp³-hybridized carbons (Fsp3) is 0.261. The van der Waals surface area contributed by atoms with E-state index in [1.54, 1.807) is 24.3 Å². The number of carbonyl (C=O) groups is 3. The van der Waals surface area contributed by atoms with E-state index in [-0.39, 0.29) is 41.6 Å². The zero-order chi connectivity index (χ0) is 23.3. The molecule has 1 heterocycles. The van der Waals surface area contributed by atoms with Crippen LogP contribution in [0.25, 0.3) is 0 Å². The van der Waals surface area contributed by atoms with Crippen LogP contribution in [0.3, 0.4) is 0 Å². The van der Waals surface area contributed by atoms with Gasteiger partial charge in [0.1, 0.15) is 12.1 Å². The van der Waals surface area contributed by atoms with Gasteiger partial charge in [0.25, 0.3) is 5.91 Å². The summed E-state index contributed by atoms with van der Waals surface area (Å²) in [6.07, 6.45) is 0.226. The Morgan fingerprint density at radius 3 is 2.53 bits per heavy atom. The minimum Gasteiger partial charge on any atom is -0.332 e. The lowest BCUT2D eigenvalue weighted by Crippen LogP contribution is -2.43. The first kappa shape index (κ1) is 22.8. The predicted molar refractivity (Wildman–Crippen MR) is 117 cm³/mol. The van der Waals surface area contributed by atoms with Crippen molar-refractivity contribution < 1.29 is 14.4 Å². The number of rotatable bonds is 5. The highest BCUT2D eigenvalue weighted by Crippen LogP contribution is 2.25. The van der Waals surface area contributed by atoms with Crippen LogP contribution in [0.2, 0.25) is 5.02 Å². The van der Waals surface area contributed by atoms with Crippen LogP contribution < -0.4 is 5.32 Å². The third-order valence-electron chi connectivity index (χ3n) is 5.24. The number of nitriles is 2. The molecule has 2 unspecified atom stereocenters. The molecule has 2 aromatic rings. The van der Waals surface area contributed by atoms with E-state index in [0.717, 1.165) is 0 Å². The van der Waals surface area contributed by atoms with E-state index in [1.807, 2.05) is 12.1 Å². The SMILES string of the molecule is CN(CC(=O)N1CC(C(=O)Nc2ccccc2)CC1C#N)C(=O)c1ccc(C#N)c(Cl)c1. The largest absolute Gasteiger partial charge is 0.332 e. The number of likely N-dealkylation sites (tertiary alicyclic amines) is 1. The van der Waals surface area contributed by atoms with E-state index < -0.39 is 23.8 Å². The summed E-state index contributed by atoms with van der Waals surface area (Å²) in [5.41, 5.74) is 1.13. The number of nitrogens with zero attached hydrogens (tertiary/aromatic N) is 4. The molecule has 1 fully saturated rings. The number of anilines is 1. The zero-order valence-electron chi connectivity index (χ0n) is 17.3. The van der Waals surface area contributed by atoms with Crippen molar-refractivity contribution in [1.29, 1.82) is 10.5 Å². The van der Waals surface area contributed by atoms with Crippen molar-refractivity contribution in [3.63, 3.8) is 0 Å². The second-order valence-corrected chi connectivity index (χ2v) is 7.85. The summed E-state index contributed by atoms with van der Waals surface area (Å²) < 4.78 is 0. The number of hydrogen-bond acceptors (Lipinski definition) is 5. The van der Waals surface area contributed by atoms with E-state index in [2.05, 4.69) is 11.4 Å². The molecule has 0 radical (unpaired) electrons. The van der Waals surface area contributed by atoms with Crippen molar-refractivity contribution in [2.45, 2.75) is 12.5 Å². The predicted octanol–water partition coefficient (Wildman–Crippen LogP) is 2.66. The summed E-state index contributed by atoms with van der Waals surface area (Å²) >= 11 is 5.99. The number of carbonyl (C=O) groups excluding carboxylic acids is 3. The summed E-state index contributed by atoms with van der Waals surface area (Å²) in [4.78, 5) is 40.6. The van der Waals surface area contributed by atoms with Crippen LogP contribution in [0.15, 0.2) is 48.5 Å². The molecule has 162 valence electrons. The molecule has 0 bridgehead atoms. The first-order valence-corrected chi connectivity index (χ1v) is 10.2. The maximum atomic E-state index is 12.8. The molecule has 32 heavy (non-hydrogen) atoms. The number of amides is 3. The maximum absolute atomic E-state index is 12.8. The van der Waals surface area contributed by atoms with E-state index in [1.165, 1.54) is 35.0 Å². The molecule has 1 aliphatic heterocycles. The molecule has 9 heteroatoms. The lowest BCUT2D eigenvalue weighted by atomic mass is 10.1. The normalized spacial score (nSPS) is 17.2. The standard InChI is InChI=1S/C23H20ClN5O3/c1-28(23(32)15-7-8-16(11-25)20(24)10-15)14-21(30)29-13-17(9-19(29)12-26)22(31)27-18-5-3-2-4-6-18/h2-8,10,17,19H,9,13-14H2,1H3,(H,27,31). The summed E-state index contributed by atoms with van der Waals surface area (Å²) in [6, 6.07) is 16.5. The van der Waals surface area contributed by atoms with Crippen LogP contribution in [-0.4, -0.2) is 53.7 Å². The average Bonchev–Trinajstić information content (AvgIpc) is 3.24. The van der Waals surface area contributed by atoms with Crippen molar-refractivity contribution in [3.8, 4) is 12.1 Å². The topological polar surface area (TPSA) is 117 Å². The molecule has 0 spiro atoms. The molecule has 3 rings (SSSR count). The van der Waals surface area contributed by atoms with Gasteiger partial charge in [-0.05, 0) is 36.8 Å². The molecule has 1 saturated heterocycles. The Hall–Kier alpha value is -3.88. The minimum atomic E-state index is -0.748. The summed E-state index contributed by atoms with van der Waals surface area (Å²) in [5, 5.41) is 21.4. The van der Waals surface area contributed by atoms with Gasteiger partial charge < -0.3 is 15.1 Å². The van der Waals surface area contributed by atoms with E-state index >= 15 is 0 Å². The van der Waals surface area contributed by atoms with Gasteiger partial charge in [-0.2, -0.15) is 10.5 Å². The van der Waals surface area contributed by atoms with Gasteiger partial charge in [0.05, 0.1) is 29.1 Å². The molecule has 2 atom stereocenters. The van der Waals surface area contributed by atoms with E-state index in [9.17, 15) is 19.6 Å². The molecule has 1 N–H and O–H groups in total. The van der Waals surface area contributed by atoms with Crippen LogP contribution in [0.4, 0.5) is 5.69 Å². The molecular formula is C23H20ClN5O3. The Kier molecular flexibility index (Phi) is 7.09. The Balaban J connectivity index is 1.64. The van der Waals surface area contributed by atoms with Gasteiger partial charge in [-0.1, -0.05) is 29.8 Å². The average molecular weight is 450 g/mol. The first-order valence-electron chi connectivity index (χ1n) is 9.84. The lowest BCUT2D eigenvalue weighted by molar-refractivity contribution is -0.131. The van der Waals surface area contributed by atoms with Gasteiger partial charge in [-0.25, -0.2) is 0 Å². The maximum Gasteiger partial charge on any atom is 0.254 e. The third kappa shape index (κ3) is 5.05. The molecule has 3 amide bonds.